The van der Waals surface area contributed by atoms with E-state index in [0.29, 0.717) is 10.0 Å². The van der Waals surface area contributed by atoms with Crippen molar-refractivity contribution in [2.45, 2.75) is 0 Å². The van der Waals surface area contributed by atoms with Crippen molar-refractivity contribution in [3.63, 3.8) is 0 Å². The molecular formula is C8H11ClN6O2. The second-order valence-electron chi connectivity index (χ2n) is 3.02. The fraction of sp³-hybridized carbons (Fsp3) is 0. The first-order valence-corrected chi connectivity index (χ1v) is 4.71. The summed E-state index contributed by atoms with van der Waals surface area (Å²) in [6, 6.07) is 2.48. The molecule has 0 heterocycles. The summed E-state index contributed by atoms with van der Waals surface area (Å²) in [5, 5.41) is 1.27. The zero-order valence-electron chi connectivity index (χ0n) is 8.63. The molecule has 0 saturated carbocycles. The Balaban J connectivity index is 3.36. The lowest BCUT2D eigenvalue weighted by molar-refractivity contribution is 0.252. The zero-order valence-corrected chi connectivity index (χ0v) is 9.39. The Kier molecular flexibility index (Phi) is 3.73. The fourth-order valence-electron chi connectivity index (χ4n) is 1.17. The third kappa shape index (κ3) is 2.56. The Morgan fingerprint density at radius 3 is 2.06 bits per heavy atom. The molecule has 0 bridgehead atoms. The second-order valence-corrected chi connectivity index (χ2v) is 3.43. The van der Waals surface area contributed by atoms with E-state index < -0.39 is 12.1 Å². The summed E-state index contributed by atoms with van der Waals surface area (Å²) in [6.07, 6.45) is 0. The van der Waals surface area contributed by atoms with E-state index in [9.17, 15) is 9.59 Å². The van der Waals surface area contributed by atoms with Gasteiger partial charge in [0.05, 0.1) is 10.7 Å². The van der Waals surface area contributed by atoms with Gasteiger partial charge in [-0.25, -0.2) is 31.3 Å². The van der Waals surface area contributed by atoms with Crippen LogP contribution in [0.3, 0.4) is 0 Å². The molecule has 0 aliphatic heterocycles. The highest BCUT2D eigenvalue weighted by molar-refractivity contribution is 6.34. The quantitative estimate of drug-likeness (QED) is 0.332. The molecular weight excluding hydrogens is 248 g/mol. The maximum Gasteiger partial charge on any atom is 0.333 e. The van der Waals surface area contributed by atoms with Gasteiger partial charge >= 0.3 is 12.1 Å². The first-order valence-electron chi connectivity index (χ1n) is 4.33. The molecule has 9 heteroatoms. The Labute approximate surface area is 102 Å². The molecule has 0 spiro atoms. The highest BCUT2D eigenvalue weighted by Gasteiger charge is 2.21. The smallest absolute Gasteiger partial charge is 0.333 e. The Hall–Kier alpha value is -2.03. The average molecular weight is 259 g/mol. The number of carbonyl (C=O) groups is 2. The summed E-state index contributed by atoms with van der Waals surface area (Å²) in [4.78, 5) is 21.9. The highest BCUT2D eigenvalue weighted by atomic mass is 35.5. The van der Waals surface area contributed by atoms with Crippen molar-refractivity contribution in [3.8, 4) is 0 Å². The van der Waals surface area contributed by atoms with Gasteiger partial charge in [0.1, 0.15) is 5.69 Å². The molecule has 0 saturated heterocycles. The van der Waals surface area contributed by atoms with Crippen molar-refractivity contribution in [1.29, 1.82) is 0 Å². The summed E-state index contributed by atoms with van der Waals surface area (Å²) in [5.74, 6) is 10.8. The number of hydrazine groups is 2. The van der Waals surface area contributed by atoms with E-state index in [2.05, 4.69) is 0 Å². The number of carbonyl (C=O) groups excluding carboxylic acids is 2. The van der Waals surface area contributed by atoms with Crippen LogP contribution in [0, 0.1) is 0 Å². The normalized spacial score (nSPS) is 9.82. The number of rotatable bonds is 2. The van der Waals surface area contributed by atoms with Gasteiger partial charge in [0, 0.05) is 0 Å². The molecule has 17 heavy (non-hydrogen) atoms. The molecule has 0 unspecified atom stereocenters. The molecule has 92 valence electrons. The number of primary amides is 2. The van der Waals surface area contributed by atoms with Crippen LogP contribution in [0.1, 0.15) is 0 Å². The number of benzene rings is 1. The standard InChI is InChI=1S/C8H11ClN6O2/c9-4-2-1-3-5(14(12)7(10)16)6(4)15(13)8(11)17/h1-3H,12-13H2,(H2,10,16)(H2,11,17). The predicted octanol–water partition coefficient (Wildman–Crippen LogP) is -0.142. The predicted molar refractivity (Wildman–Crippen MR) is 64.0 cm³/mol. The maximum atomic E-state index is 11.0. The topological polar surface area (TPSA) is 145 Å². The number of hydrogen-bond acceptors (Lipinski definition) is 4. The molecule has 4 amide bonds. The summed E-state index contributed by atoms with van der Waals surface area (Å²) in [7, 11) is 0. The minimum absolute atomic E-state index is 0.0111. The SMILES string of the molecule is NC(=O)N(N)c1cccc(Cl)c1N(N)C(N)=O. The second kappa shape index (κ2) is 4.87. The monoisotopic (exact) mass is 258 g/mol. The number of nitrogens with two attached hydrogens (primary N) is 4. The van der Waals surface area contributed by atoms with E-state index in [1.165, 1.54) is 18.2 Å². The minimum Gasteiger partial charge on any atom is -0.350 e. The molecule has 0 radical (unpaired) electrons. The Morgan fingerprint density at radius 2 is 1.59 bits per heavy atom. The van der Waals surface area contributed by atoms with Gasteiger partial charge in [0.25, 0.3) is 0 Å². The molecule has 0 aliphatic carbocycles. The van der Waals surface area contributed by atoms with Crippen molar-refractivity contribution in [1.82, 2.24) is 0 Å². The van der Waals surface area contributed by atoms with Crippen LogP contribution in [-0.4, -0.2) is 12.1 Å². The number of anilines is 2. The van der Waals surface area contributed by atoms with Crippen LogP contribution in [0.5, 0.6) is 0 Å². The molecule has 1 aromatic rings. The van der Waals surface area contributed by atoms with Crippen LogP contribution in [0.4, 0.5) is 21.0 Å². The van der Waals surface area contributed by atoms with Crippen LogP contribution < -0.4 is 33.2 Å². The largest absolute Gasteiger partial charge is 0.350 e. The first kappa shape index (κ1) is 13.0. The summed E-state index contributed by atoms with van der Waals surface area (Å²) >= 11 is 5.85. The molecule has 8 nitrogen and oxygen atoms in total. The van der Waals surface area contributed by atoms with Crippen LogP contribution in [-0.2, 0) is 0 Å². The third-order valence-electron chi connectivity index (χ3n) is 1.94. The zero-order chi connectivity index (χ0) is 13.2. The minimum atomic E-state index is -0.961. The maximum absolute atomic E-state index is 11.0. The van der Waals surface area contributed by atoms with Gasteiger partial charge in [-0.3, -0.25) is 0 Å². The lowest BCUT2D eigenvalue weighted by atomic mass is 10.2. The Morgan fingerprint density at radius 1 is 1.06 bits per heavy atom. The number of urea groups is 2. The van der Waals surface area contributed by atoms with Crippen molar-refractivity contribution in [2.24, 2.45) is 23.2 Å². The van der Waals surface area contributed by atoms with E-state index >= 15 is 0 Å². The van der Waals surface area contributed by atoms with Gasteiger partial charge in [0.2, 0.25) is 0 Å². The summed E-state index contributed by atoms with van der Waals surface area (Å²) < 4.78 is 0. The lowest BCUT2D eigenvalue weighted by Crippen LogP contribution is -2.46. The van der Waals surface area contributed by atoms with Gasteiger partial charge in [-0.05, 0) is 12.1 Å². The molecule has 8 N–H and O–H groups in total. The summed E-state index contributed by atoms with van der Waals surface area (Å²) in [5.41, 5.74) is 10.1. The van der Waals surface area contributed by atoms with Crippen molar-refractivity contribution < 1.29 is 9.59 Å². The lowest BCUT2D eigenvalue weighted by Gasteiger charge is -2.23. The molecule has 0 aromatic heterocycles. The third-order valence-corrected chi connectivity index (χ3v) is 2.25. The van der Waals surface area contributed by atoms with Crippen LogP contribution in [0.25, 0.3) is 0 Å². The molecule has 0 aliphatic rings. The van der Waals surface area contributed by atoms with Crippen LogP contribution in [0.15, 0.2) is 18.2 Å². The highest BCUT2D eigenvalue weighted by Crippen LogP contribution is 2.33. The van der Waals surface area contributed by atoms with Crippen molar-refractivity contribution in [2.75, 3.05) is 10.0 Å². The number of nitrogens with zero attached hydrogens (tertiary/aromatic N) is 2. The number of amides is 4. The van der Waals surface area contributed by atoms with E-state index in [1.54, 1.807) is 0 Å². The molecule has 0 atom stereocenters. The van der Waals surface area contributed by atoms with Gasteiger partial charge < -0.3 is 11.5 Å². The number of halogens is 1. The van der Waals surface area contributed by atoms with Gasteiger partial charge in [-0.15, -0.1) is 0 Å². The first-order chi connectivity index (χ1) is 7.86. The van der Waals surface area contributed by atoms with Crippen molar-refractivity contribution in [3.05, 3.63) is 23.2 Å². The number of para-hydroxylation sites is 1. The Bertz CT molecular complexity index is 465. The van der Waals surface area contributed by atoms with Crippen LogP contribution >= 0.6 is 11.6 Å². The molecule has 0 fully saturated rings. The van der Waals surface area contributed by atoms with E-state index in [1.807, 2.05) is 0 Å². The van der Waals surface area contributed by atoms with Crippen LogP contribution in [0.2, 0.25) is 5.02 Å². The number of hydrogen-bond donors (Lipinski definition) is 4. The van der Waals surface area contributed by atoms with Gasteiger partial charge in [-0.2, -0.15) is 0 Å². The van der Waals surface area contributed by atoms with E-state index in [-0.39, 0.29) is 16.4 Å². The van der Waals surface area contributed by atoms with Gasteiger partial charge in [0.15, 0.2) is 0 Å². The van der Waals surface area contributed by atoms with E-state index in [4.69, 9.17) is 34.8 Å². The van der Waals surface area contributed by atoms with Gasteiger partial charge in [-0.1, -0.05) is 17.7 Å². The molecule has 1 rings (SSSR count). The summed E-state index contributed by atoms with van der Waals surface area (Å²) in [6.45, 7) is 0. The van der Waals surface area contributed by atoms with Crippen molar-refractivity contribution >= 4 is 35.0 Å². The van der Waals surface area contributed by atoms with E-state index in [0.717, 1.165) is 0 Å². The molecule has 1 aromatic carbocycles. The average Bonchev–Trinajstić information content (AvgIpc) is 2.26. The fourth-order valence-corrected chi connectivity index (χ4v) is 1.43.